The van der Waals surface area contributed by atoms with Gasteiger partial charge in [-0.2, -0.15) is 4.98 Å². The van der Waals surface area contributed by atoms with E-state index in [4.69, 9.17) is 15.0 Å². The zero-order chi connectivity index (χ0) is 14.2. The predicted octanol–water partition coefficient (Wildman–Crippen LogP) is 1.31. The van der Waals surface area contributed by atoms with Gasteiger partial charge in [0.15, 0.2) is 5.82 Å². The first-order chi connectivity index (χ1) is 10.3. The second kappa shape index (κ2) is 5.66. The van der Waals surface area contributed by atoms with Crippen LogP contribution in [0, 0.1) is 11.8 Å². The zero-order valence-electron chi connectivity index (χ0n) is 12.4. The normalized spacial score (nSPS) is 34.4. The van der Waals surface area contributed by atoms with Crippen LogP contribution in [0.4, 0.5) is 0 Å². The lowest BCUT2D eigenvalue weighted by Gasteiger charge is -2.27. The Morgan fingerprint density at radius 3 is 2.81 bits per heavy atom. The van der Waals surface area contributed by atoms with Crippen LogP contribution in [0.3, 0.4) is 0 Å². The Kier molecular flexibility index (Phi) is 3.69. The Labute approximate surface area is 125 Å². The number of nitrogens with two attached hydrogens (primary N) is 1. The van der Waals surface area contributed by atoms with Crippen LogP contribution in [0.25, 0.3) is 0 Å². The van der Waals surface area contributed by atoms with E-state index in [0.717, 1.165) is 50.6 Å². The van der Waals surface area contributed by atoms with Crippen LogP contribution >= 0.6 is 0 Å². The molecule has 2 saturated carbocycles. The van der Waals surface area contributed by atoms with Crippen molar-refractivity contribution in [3.05, 3.63) is 11.7 Å². The zero-order valence-corrected chi connectivity index (χ0v) is 12.4. The van der Waals surface area contributed by atoms with E-state index >= 15 is 0 Å². The third kappa shape index (κ3) is 2.72. The van der Waals surface area contributed by atoms with E-state index in [1.165, 1.54) is 25.7 Å². The summed E-state index contributed by atoms with van der Waals surface area (Å²) in [6.45, 7) is 4.22. The van der Waals surface area contributed by atoms with Crippen molar-refractivity contribution in [3.63, 3.8) is 0 Å². The van der Waals surface area contributed by atoms with Crippen molar-refractivity contribution in [2.24, 2.45) is 17.6 Å². The van der Waals surface area contributed by atoms with Crippen LogP contribution in [0.15, 0.2) is 4.52 Å². The molecule has 1 aliphatic heterocycles. The lowest BCUT2D eigenvalue weighted by molar-refractivity contribution is 0.0348. The number of nitrogens with zero attached hydrogens (tertiary/aromatic N) is 3. The molecule has 6 nitrogen and oxygen atoms in total. The molecule has 0 radical (unpaired) electrons. The minimum absolute atomic E-state index is 0.167. The summed E-state index contributed by atoms with van der Waals surface area (Å²) in [5.41, 5.74) is 6.25. The molecule has 2 bridgehead atoms. The highest BCUT2D eigenvalue weighted by Crippen LogP contribution is 2.52. The third-order valence-corrected chi connectivity index (χ3v) is 5.40. The van der Waals surface area contributed by atoms with Crippen molar-refractivity contribution in [2.45, 2.75) is 37.6 Å². The van der Waals surface area contributed by atoms with Gasteiger partial charge in [0, 0.05) is 25.6 Å². The summed E-state index contributed by atoms with van der Waals surface area (Å²) in [5, 5.41) is 4.14. The SMILES string of the molecule is NC(CN1CCOCC1)c1noc(C2CC3CCC2C3)n1. The molecule has 3 fully saturated rings. The Bertz CT molecular complexity index is 486. The minimum Gasteiger partial charge on any atom is -0.379 e. The third-order valence-electron chi connectivity index (χ3n) is 5.40. The molecular formula is C15H24N4O2. The molecule has 1 aromatic rings. The second-order valence-corrected chi connectivity index (χ2v) is 6.79. The molecule has 3 aliphatic rings. The summed E-state index contributed by atoms with van der Waals surface area (Å²) in [6.07, 6.45) is 5.29. The molecule has 0 amide bonds. The molecule has 1 saturated heterocycles. The first-order valence-electron chi connectivity index (χ1n) is 8.19. The molecule has 0 spiro atoms. The van der Waals surface area contributed by atoms with Crippen LogP contribution in [0.5, 0.6) is 0 Å². The number of hydrogen-bond acceptors (Lipinski definition) is 6. The van der Waals surface area contributed by atoms with Gasteiger partial charge in [0.25, 0.3) is 0 Å². The van der Waals surface area contributed by atoms with Gasteiger partial charge < -0.3 is 15.0 Å². The van der Waals surface area contributed by atoms with Crippen LogP contribution in [0.2, 0.25) is 0 Å². The number of ether oxygens (including phenoxy) is 1. The monoisotopic (exact) mass is 292 g/mol. The molecule has 21 heavy (non-hydrogen) atoms. The van der Waals surface area contributed by atoms with E-state index < -0.39 is 0 Å². The molecule has 2 N–H and O–H groups in total. The van der Waals surface area contributed by atoms with E-state index in [2.05, 4.69) is 15.0 Å². The van der Waals surface area contributed by atoms with Crippen LogP contribution in [-0.4, -0.2) is 47.9 Å². The summed E-state index contributed by atoms with van der Waals surface area (Å²) in [5.74, 6) is 3.63. The van der Waals surface area contributed by atoms with E-state index in [-0.39, 0.29) is 6.04 Å². The lowest BCUT2D eigenvalue weighted by atomic mass is 9.89. The van der Waals surface area contributed by atoms with Crippen molar-refractivity contribution >= 4 is 0 Å². The number of morpholine rings is 1. The topological polar surface area (TPSA) is 77.4 Å². The first kappa shape index (κ1) is 13.7. The van der Waals surface area contributed by atoms with Gasteiger partial charge in [-0.1, -0.05) is 11.6 Å². The predicted molar refractivity (Wildman–Crippen MR) is 76.7 cm³/mol. The molecule has 2 aliphatic carbocycles. The molecule has 2 heterocycles. The van der Waals surface area contributed by atoms with Gasteiger partial charge in [0.05, 0.1) is 19.3 Å². The van der Waals surface area contributed by atoms with Gasteiger partial charge >= 0.3 is 0 Å². The maximum Gasteiger partial charge on any atom is 0.230 e. The molecule has 4 rings (SSSR count). The average Bonchev–Trinajstić information content (AvgIpc) is 3.24. The average molecular weight is 292 g/mol. The summed E-state index contributed by atoms with van der Waals surface area (Å²) in [4.78, 5) is 6.92. The number of aromatic nitrogens is 2. The summed E-state index contributed by atoms with van der Waals surface area (Å²) < 4.78 is 10.9. The highest BCUT2D eigenvalue weighted by atomic mass is 16.5. The summed E-state index contributed by atoms with van der Waals surface area (Å²) in [7, 11) is 0. The maximum atomic E-state index is 6.25. The van der Waals surface area contributed by atoms with Crippen molar-refractivity contribution in [3.8, 4) is 0 Å². The molecule has 4 unspecified atom stereocenters. The van der Waals surface area contributed by atoms with Crippen LogP contribution in [-0.2, 0) is 4.74 Å². The summed E-state index contributed by atoms with van der Waals surface area (Å²) >= 11 is 0. The Hall–Kier alpha value is -0.980. The van der Waals surface area contributed by atoms with Gasteiger partial charge in [-0.25, -0.2) is 0 Å². The van der Waals surface area contributed by atoms with Gasteiger partial charge in [-0.3, -0.25) is 4.90 Å². The molecule has 1 aromatic heterocycles. The Morgan fingerprint density at radius 2 is 2.10 bits per heavy atom. The quantitative estimate of drug-likeness (QED) is 0.901. The first-order valence-corrected chi connectivity index (χ1v) is 8.19. The molecule has 116 valence electrons. The molecule has 0 aromatic carbocycles. The largest absolute Gasteiger partial charge is 0.379 e. The molecule has 4 atom stereocenters. The van der Waals surface area contributed by atoms with Gasteiger partial charge in [0.1, 0.15) is 0 Å². The van der Waals surface area contributed by atoms with Crippen molar-refractivity contribution in [1.82, 2.24) is 15.0 Å². The molecule has 6 heteroatoms. The van der Waals surface area contributed by atoms with Crippen molar-refractivity contribution < 1.29 is 9.26 Å². The highest BCUT2D eigenvalue weighted by Gasteiger charge is 2.43. The fourth-order valence-corrected chi connectivity index (χ4v) is 4.24. The van der Waals surface area contributed by atoms with Gasteiger partial charge in [0.2, 0.25) is 5.89 Å². The maximum absolute atomic E-state index is 6.25. The van der Waals surface area contributed by atoms with E-state index in [9.17, 15) is 0 Å². The number of hydrogen-bond donors (Lipinski definition) is 1. The minimum atomic E-state index is -0.167. The number of fused-ring (bicyclic) bond motifs is 2. The molecular weight excluding hydrogens is 268 g/mol. The van der Waals surface area contributed by atoms with E-state index in [1.807, 2.05) is 0 Å². The van der Waals surface area contributed by atoms with E-state index in [0.29, 0.717) is 11.7 Å². The number of rotatable bonds is 4. The smallest absolute Gasteiger partial charge is 0.230 e. The van der Waals surface area contributed by atoms with Crippen LogP contribution in [0.1, 0.15) is 49.4 Å². The fourth-order valence-electron chi connectivity index (χ4n) is 4.24. The standard InChI is InChI=1S/C15H24N4O2/c16-13(9-19-3-5-20-6-4-19)14-17-15(21-18-14)12-8-10-1-2-11(12)7-10/h10-13H,1-9,16H2. The highest BCUT2D eigenvalue weighted by molar-refractivity contribution is 5.06. The van der Waals surface area contributed by atoms with Gasteiger partial charge in [-0.05, 0) is 31.1 Å². The lowest BCUT2D eigenvalue weighted by Crippen LogP contribution is -2.40. The van der Waals surface area contributed by atoms with Crippen molar-refractivity contribution in [2.75, 3.05) is 32.8 Å². The van der Waals surface area contributed by atoms with Crippen molar-refractivity contribution in [1.29, 1.82) is 0 Å². The van der Waals surface area contributed by atoms with Gasteiger partial charge in [-0.15, -0.1) is 0 Å². The Morgan fingerprint density at radius 1 is 1.24 bits per heavy atom. The second-order valence-electron chi connectivity index (χ2n) is 6.79. The Balaban J connectivity index is 1.39. The van der Waals surface area contributed by atoms with Crippen LogP contribution < -0.4 is 5.73 Å². The summed E-state index contributed by atoms with van der Waals surface area (Å²) in [6, 6.07) is -0.167. The van der Waals surface area contributed by atoms with E-state index in [1.54, 1.807) is 0 Å². The fraction of sp³-hybridized carbons (Fsp3) is 0.867.